The summed E-state index contributed by atoms with van der Waals surface area (Å²) in [6, 6.07) is 0. The second kappa shape index (κ2) is 4.07. The molecule has 1 rings (SSSR count). The molecule has 0 aliphatic heterocycles. The molecule has 0 bridgehead atoms. The summed E-state index contributed by atoms with van der Waals surface area (Å²) in [4.78, 5) is 14.5. The molecule has 1 N–H and O–H groups in total. The highest BCUT2D eigenvalue weighted by Crippen LogP contribution is 1.91. The van der Waals surface area contributed by atoms with Crippen LogP contribution in [0.1, 0.15) is 10.6 Å². The number of hydrogen-bond acceptors (Lipinski definition) is 4. The SMILES string of the molecule is O=C(OCCBr)c1ncn[nH]1. The Hall–Kier alpha value is -0.910. The maximum Gasteiger partial charge on any atom is 0.375 e. The van der Waals surface area contributed by atoms with Crippen molar-refractivity contribution in [3.8, 4) is 0 Å². The van der Waals surface area contributed by atoms with Crippen molar-refractivity contribution in [2.24, 2.45) is 0 Å². The number of carbonyl (C=O) groups is 1. The quantitative estimate of drug-likeness (QED) is 0.589. The van der Waals surface area contributed by atoms with Crippen LogP contribution in [0.3, 0.4) is 0 Å². The van der Waals surface area contributed by atoms with Crippen LogP contribution in [0.25, 0.3) is 0 Å². The predicted molar refractivity (Wildman–Crippen MR) is 40.5 cm³/mol. The molecule has 1 aromatic heterocycles. The van der Waals surface area contributed by atoms with Gasteiger partial charge >= 0.3 is 5.97 Å². The lowest BCUT2D eigenvalue weighted by atomic mass is 10.6. The highest BCUT2D eigenvalue weighted by atomic mass is 79.9. The van der Waals surface area contributed by atoms with Gasteiger partial charge < -0.3 is 4.74 Å². The Labute approximate surface area is 71.3 Å². The van der Waals surface area contributed by atoms with Crippen molar-refractivity contribution >= 4 is 21.9 Å². The summed E-state index contributed by atoms with van der Waals surface area (Å²) in [6.45, 7) is 0.333. The molecular formula is C5H6BrN3O2. The van der Waals surface area contributed by atoms with Gasteiger partial charge in [-0.15, -0.1) is 0 Å². The summed E-state index contributed by atoms with van der Waals surface area (Å²) in [7, 11) is 0. The number of carbonyl (C=O) groups excluding carboxylic acids is 1. The maximum absolute atomic E-state index is 10.9. The average molecular weight is 220 g/mol. The van der Waals surface area contributed by atoms with E-state index in [4.69, 9.17) is 4.74 Å². The van der Waals surface area contributed by atoms with E-state index in [0.29, 0.717) is 11.9 Å². The van der Waals surface area contributed by atoms with Crippen LogP contribution in [0.2, 0.25) is 0 Å². The summed E-state index contributed by atoms with van der Waals surface area (Å²) in [5, 5.41) is 6.52. The second-order valence-corrected chi connectivity index (χ2v) is 2.45. The van der Waals surface area contributed by atoms with Gasteiger partial charge in [0.15, 0.2) is 0 Å². The van der Waals surface area contributed by atoms with Gasteiger partial charge in [0.1, 0.15) is 12.9 Å². The van der Waals surface area contributed by atoms with Crippen LogP contribution in [0.15, 0.2) is 6.33 Å². The molecule has 0 fully saturated rings. The number of halogens is 1. The molecule has 0 amide bonds. The fourth-order valence-corrected chi connectivity index (χ4v) is 0.665. The maximum atomic E-state index is 10.9. The Morgan fingerprint density at radius 2 is 2.64 bits per heavy atom. The fraction of sp³-hybridized carbons (Fsp3) is 0.400. The zero-order valence-corrected chi connectivity index (χ0v) is 7.17. The number of nitrogens with zero attached hydrogens (tertiary/aromatic N) is 2. The van der Waals surface area contributed by atoms with Crippen LogP contribution in [0.4, 0.5) is 0 Å². The Morgan fingerprint density at radius 1 is 1.82 bits per heavy atom. The molecule has 0 unspecified atom stereocenters. The molecule has 11 heavy (non-hydrogen) atoms. The Morgan fingerprint density at radius 3 is 3.18 bits per heavy atom. The molecule has 0 aliphatic rings. The molecule has 0 radical (unpaired) electrons. The summed E-state index contributed by atoms with van der Waals surface area (Å²) >= 11 is 3.12. The molecule has 5 nitrogen and oxygen atoms in total. The number of H-pyrrole nitrogens is 1. The molecule has 0 spiro atoms. The van der Waals surface area contributed by atoms with Crippen LogP contribution in [0, 0.1) is 0 Å². The van der Waals surface area contributed by atoms with Crippen molar-refractivity contribution in [2.45, 2.75) is 0 Å². The minimum atomic E-state index is -0.484. The molecule has 0 aromatic carbocycles. The highest BCUT2D eigenvalue weighted by molar-refractivity contribution is 9.09. The first-order chi connectivity index (χ1) is 5.34. The van der Waals surface area contributed by atoms with Gasteiger partial charge in [-0.25, -0.2) is 9.78 Å². The second-order valence-electron chi connectivity index (χ2n) is 1.66. The van der Waals surface area contributed by atoms with Gasteiger partial charge in [-0.2, -0.15) is 5.10 Å². The van der Waals surface area contributed by atoms with Crippen molar-refractivity contribution in [1.29, 1.82) is 0 Å². The average Bonchev–Trinajstić information content (AvgIpc) is 2.52. The highest BCUT2D eigenvalue weighted by Gasteiger charge is 2.08. The number of aromatic amines is 1. The molecule has 0 saturated heterocycles. The molecule has 6 heteroatoms. The first-order valence-electron chi connectivity index (χ1n) is 2.93. The summed E-state index contributed by atoms with van der Waals surface area (Å²) in [5.41, 5.74) is 0. The third-order valence-corrected chi connectivity index (χ3v) is 1.24. The molecule has 0 saturated carbocycles. The van der Waals surface area contributed by atoms with E-state index in [9.17, 15) is 4.79 Å². The molecule has 1 aromatic rings. The zero-order valence-electron chi connectivity index (χ0n) is 5.58. The van der Waals surface area contributed by atoms with Crippen LogP contribution in [-0.4, -0.2) is 33.1 Å². The number of alkyl halides is 1. The Kier molecular flexibility index (Phi) is 3.03. The van der Waals surface area contributed by atoms with E-state index in [0.717, 1.165) is 0 Å². The normalized spacial score (nSPS) is 9.55. The van der Waals surface area contributed by atoms with Crippen LogP contribution in [0.5, 0.6) is 0 Å². The molecule has 0 atom stereocenters. The summed E-state index contributed by atoms with van der Waals surface area (Å²) in [6.07, 6.45) is 1.25. The standard InChI is InChI=1S/C5H6BrN3O2/c6-1-2-11-5(10)4-7-3-8-9-4/h3H,1-2H2,(H,7,8,9). The van der Waals surface area contributed by atoms with Crippen molar-refractivity contribution < 1.29 is 9.53 Å². The lowest BCUT2D eigenvalue weighted by Crippen LogP contribution is -2.08. The molecule has 60 valence electrons. The monoisotopic (exact) mass is 219 g/mol. The van der Waals surface area contributed by atoms with Crippen LogP contribution >= 0.6 is 15.9 Å². The van der Waals surface area contributed by atoms with E-state index in [1.165, 1.54) is 6.33 Å². The van der Waals surface area contributed by atoms with Crippen LogP contribution < -0.4 is 0 Å². The minimum absolute atomic E-state index is 0.131. The smallest absolute Gasteiger partial charge is 0.375 e. The molecule has 1 heterocycles. The first-order valence-corrected chi connectivity index (χ1v) is 4.05. The first kappa shape index (κ1) is 8.19. The van der Waals surface area contributed by atoms with Crippen molar-refractivity contribution in [3.63, 3.8) is 0 Å². The van der Waals surface area contributed by atoms with E-state index < -0.39 is 5.97 Å². The number of ether oxygens (including phenoxy) is 1. The number of rotatable bonds is 3. The number of hydrogen-bond donors (Lipinski definition) is 1. The van der Waals surface area contributed by atoms with Gasteiger partial charge in [0.25, 0.3) is 0 Å². The van der Waals surface area contributed by atoms with Gasteiger partial charge in [-0.05, 0) is 0 Å². The van der Waals surface area contributed by atoms with E-state index in [1.54, 1.807) is 0 Å². The topological polar surface area (TPSA) is 67.9 Å². The minimum Gasteiger partial charge on any atom is -0.459 e. The van der Waals surface area contributed by atoms with Crippen molar-refractivity contribution in [2.75, 3.05) is 11.9 Å². The van der Waals surface area contributed by atoms with Crippen LogP contribution in [-0.2, 0) is 4.74 Å². The van der Waals surface area contributed by atoms with Crippen molar-refractivity contribution in [3.05, 3.63) is 12.2 Å². The Balaban J connectivity index is 2.43. The fourth-order valence-electron chi connectivity index (χ4n) is 0.503. The lowest BCUT2D eigenvalue weighted by molar-refractivity contribution is 0.0517. The van der Waals surface area contributed by atoms with Crippen molar-refractivity contribution in [1.82, 2.24) is 15.2 Å². The van der Waals surface area contributed by atoms with Gasteiger partial charge in [0, 0.05) is 5.33 Å². The van der Waals surface area contributed by atoms with E-state index in [1.807, 2.05) is 0 Å². The van der Waals surface area contributed by atoms with E-state index in [-0.39, 0.29) is 5.82 Å². The lowest BCUT2D eigenvalue weighted by Gasteiger charge is -1.96. The van der Waals surface area contributed by atoms with Gasteiger partial charge in [-0.1, -0.05) is 15.9 Å². The molecule has 0 aliphatic carbocycles. The third-order valence-electron chi connectivity index (χ3n) is 0.919. The number of esters is 1. The zero-order chi connectivity index (χ0) is 8.10. The summed E-state index contributed by atoms with van der Waals surface area (Å²) in [5.74, 6) is -0.354. The number of nitrogens with one attached hydrogen (secondary N) is 1. The van der Waals surface area contributed by atoms with Gasteiger partial charge in [0.2, 0.25) is 5.82 Å². The van der Waals surface area contributed by atoms with Gasteiger partial charge in [0.05, 0.1) is 0 Å². The van der Waals surface area contributed by atoms with E-state index in [2.05, 4.69) is 31.1 Å². The third kappa shape index (κ3) is 2.30. The molecular weight excluding hydrogens is 214 g/mol. The number of aromatic nitrogens is 3. The summed E-state index contributed by atoms with van der Waals surface area (Å²) < 4.78 is 4.72. The van der Waals surface area contributed by atoms with Gasteiger partial charge in [-0.3, -0.25) is 5.10 Å². The predicted octanol–water partition coefficient (Wildman–Crippen LogP) is 0.356. The Bertz CT molecular complexity index is 224. The largest absolute Gasteiger partial charge is 0.459 e. The van der Waals surface area contributed by atoms with E-state index >= 15 is 0 Å².